The van der Waals surface area contributed by atoms with Crippen molar-refractivity contribution < 1.29 is 19.5 Å². The van der Waals surface area contributed by atoms with Gasteiger partial charge >= 0.3 is 0 Å². The molecule has 3 atom stereocenters. The van der Waals surface area contributed by atoms with Gasteiger partial charge in [0, 0.05) is 37.4 Å². The second kappa shape index (κ2) is 13.2. The molecule has 3 aromatic rings. The fourth-order valence-corrected chi connectivity index (χ4v) is 6.66. The van der Waals surface area contributed by atoms with Crippen LogP contribution in [0.3, 0.4) is 0 Å². The Hall–Kier alpha value is -4.17. The molecule has 0 aromatic heterocycles. The molecule has 0 saturated carbocycles. The number of likely N-dealkylation sites (tertiary alicyclic amines) is 1. The highest BCUT2D eigenvalue weighted by Crippen LogP contribution is 2.37. The zero-order valence-corrected chi connectivity index (χ0v) is 26.2. The van der Waals surface area contributed by atoms with Crippen molar-refractivity contribution in [1.29, 1.82) is 0 Å². The van der Waals surface area contributed by atoms with Gasteiger partial charge in [0.15, 0.2) is 6.10 Å². The number of carbonyl (C=O) groups excluding carboxylic acids is 3. The average Bonchev–Trinajstić information content (AvgIpc) is 3.59. The number of carbonyl (C=O) groups is 3. The second-order valence-electron chi connectivity index (χ2n) is 12.7. The molecule has 2 aliphatic heterocycles. The summed E-state index contributed by atoms with van der Waals surface area (Å²) in [6.45, 7) is 10.4. The number of hydrogen-bond acceptors (Lipinski definition) is 5. The molecule has 0 unspecified atom stereocenters. The Labute approximate surface area is 260 Å². The minimum atomic E-state index is -1.54. The zero-order valence-electron chi connectivity index (χ0n) is 26.2. The predicted octanol–water partition coefficient (Wildman–Crippen LogP) is 4.02. The molecule has 232 valence electrons. The third-order valence-electron chi connectivity index (χ3n) is 9.29. The molecule has 5 rings (SSSR count). The van der Waals surface area contributed by atoms with E-state index in [1.807, 2.05) is 87.5 Å². The van der Waals surface area contributed by atoms with E-state index in [4.69, 9.17) is 0 Å². The minimum absolute atomic E-state index is 0.250. The van der Waals surface area contributed by atoms with Crippen molar-refractivity contribution in [2.45, 2.75) is 71.7 Å². The molecule has 0 radical (unpaired) electrons. The lowest BCUT2D eigenvalue weighted by Gasteiger charge is -2.34. The summed E-state index contributed by atoms with van der Waals surface area (Å²) in [5, 5.41) is 17.7. The number of hydrogen-bond donors (Lipinski definition) is 3. The minimum Gasteiger partial charge on any atom is -0.381 e. The van der Waals surface area contributed by atoms with E-state index in [1.54, 1.807) is 6.07 Å². The lowest BCUT2D eigenvalue weighted by Crippen LogP contribution is -2.57. The van der Waals surface area contributed by atoms with Crippen LogP contribution in [0.4, 0.5) is 5.69 Å². The first-order valence-corrected chi connectivity index (χ1v) is 15.6. The van der Waals surface area contributed by atoms with E-state index in [0.29, 0.717) is 25.1 Å². The van der Waals surface area contributed by atoms with Gasteiger partial charge in [-0.25, -0.2) is 0 Å². The summed E-state index contributed by atoms with van der Waals surface area (Å²) in [7, 11) is 0. The molecule has 3 N–H and O–H groups in total. The van der Waals surface area contributed by atoms with Gasteiger partial charge in [-0.2, -0.15) is 0 Å². The van der Waals surface area contributed by atoms with Crippen LogP contribution in [0.15, 0.2) is 72.8 Å². The normalized spacial score (nSPS) is 18.4. The standard InChI is InChI=1S/C36H44N4O4/c1-5-39-20-18-27-28(16-11-17-30(27)39)33(42)38-29(22-25-13-7-6-8-14-25)31(41)35(44)40-21-19-36(3,4)32(40)34(43)37-23-26-15-10-9-12-24(26)2/h6-17,29,31-32,41H,5,18-23H2,1-4H3,(H,37,43)(H,38,42)/t29-,31-,32+/m0/s1. The van der Waals surface area contributed by atoms with Crippen LogP contribution in [0.25, 0.3) is 0 Å². The number of nitrogens with zero attached hydrogens (tertiary/aromatic N) is 2. The zero-order chi connectivity index (χ0) is 31.4. The van der Waals surface area contributed by atoms with Gasteiger partial charge in [-0.15, -0.1) is 0 Å². The van der Waals surface area contributed by atoms with Gasteiger partial charge in [0.25, 0.3) is 11.8 Å². The SMILES string of the molecule is CCN1CCc2c(C(=O)N[C@@H](Cc3ccccc3)[C@H](O)C(=O)N3CCC(C)(C)[C@H]3C(=O)NCc3ccccc3C)cccc21. The smallest absolute Gasteiger partial charge is 0.254 e. The Morgan fingerprint density at radius 3 is 2.43 bits per heavy atom. The monoisotopic (exact) mass is 596 g/mol. The number of aryl methyl sites for hydroxylation is 1. The highest BCUT2D eigenvalue weighted by Gasteiger charge is 2.49. The van der Waals surface area contributed by atoms with E-state index in [0.717, 1.165) is 47.5 Å². The van der Waals surface area contributed by atoms with E-state index < -0.39 is 29.5 Å². The molecule has 0 bridgehead atoms. The van der Waals surface area contributed by atoms with Crippen LogP contribution >= 0.6 is 0 Å². The third kappa shape index (κ3) is 6.50. The van der Waals surface area contributed by atoms with Crippen LogP contribution in [-0.4, -0.2) is 65.5 Å². The lowest BCUT2D eigenvalue weighted by atomic mass is 9.84. The van der Waals surface area contributed by atoms with Gasteiger partial charge in [-0.1, -0.05) is 74.5 Å². The number of anilines is 1. The lowest BCUT2D eigenvalue weighted by molar-refractivity contribution is -0.148. The Kier molecular flexibility index (Phi) is 9.39. The van der Waals surface area contributed by atoms with Gasteiger partial charge in [0.05, 0.1) is 6.04 Å². The number of likely N-dealkylation sites (N-methyl/N-ethyl adjacent to an activating group) is 1. The molecule has 3 amide bonds. The fourth-order valence-electron chi connectivity index (χ4n) is 6.66. The maximum atomic E-state index is 14.0. The largest absolute Gasteiger partial charge is 0.381 e. The van der Waals surface area contributed by atoms with Crippen molar-refractivity contribution in [2.75, 3.05) is 24.5 Å². The average molecular weight is 597 g/mol. The first kappa shape index (κ1) is 31.3. The van der Waals surface area contributed by atoms with Crippen LogP contribution in [0, 0.1) is 12.3 Å². The van der Waals surface area contributed by atoms with Crippen molar-refractivity contribution in [1.82, 2.24) is 15.5 Å². The van der Waals surface area contributed by atoms with Crippen LogP contribution in [0.2, 0.25) is 0 Å². The van der Waals surface area contributed by atoms with E-state index in [9.17, 15) is 19.5 Å². The molecule has 0 spiro atoms. The second-order valence-corrected chi connectivity index (χ2v) is 12.7. The van der Waals surface area contributed by atoms with E-state index in [2.05, 4.69) is 22.5 Å². The van der Waals surface area contributed by atoms with E-state index in [1.165, 1.54) is 4.90 Å². The van der Waals surface area contributed by atoms with Crippen LogP contribution in [0.5, 0.6) is 0 Å². The molecule has 8 nitrogen and oxygen atoms in total. The van der Waals surface area contributed by atoms with Crippen molar-refractivity contribution in [3.8, 4) is 0 Å². The molecule has 0 aliphatic carbocycles. The highest BCUT2D eigenvalue weighted by atomic mass is 16.3. The first-order valence-electron chi connectivity index (χ1n) is 15.6. The molecule has 2 heterocycles. The fraction of sp³-hybridized carbons (Fsp3) is 0.417. The topological polar surface area (TPSA) is 102 Å². The molecule has 1 saturated heterocycles. The van der Waals surface area contributed by atoms with Gasteiger partial charge in [0.1, 0.15) is 6.04 Å². The Balaban J connectivity index is 1.37. The summed E-state index contributed by atoms with van der Waals surface area (Å²) in [6, 6.07) is 21.4. The quantitative estimate of drug-likeness (QED) is 0.328. The van der Waals surface area contributed by atoms with Gasteiger partial charge in [-0.3, -0.25) is 14.4 Å². The Morgan fingerprint density at radius 1 is 0.977 bits per heavy atom. The maximum absolute atomic E-state index is 14.0. The van der Waals surface area contributed by atoms with Gasteiger partial charge in [-0.05, 0) is 72.9 Å². The van der Waals surface area contributed by atoms with Gasteiger partial charge in [0.2, 0.25) is 5.91 Å². The summed E-state index contributed by atoms with van der Waals surface area (Å²) in [5.41, 5.74) is 5.08. The molecule has 1 fully saturated rings. The molecule has 2 aliphatic rings. The number of aliphatic hydroxyl groups is 1. The molecule has 44 heavy (non-hydrogen) atoms. The number of rotatable bonds is 10. The van der Waals surface area contributed by atoms with Crippen molar-refractivity contribution in [2.24, 2.45) is 5.41 Å². The van der Waals surface area contributed by atoms with Crippen molar-refractivity contribution >= 4 is 23.4 Å². The number of nitrogens with one attached hydrogen (secondary N) is 2. The summed E-state index contributed by atoms with van der Waals surface area (Å²) in [5.74, 6) is -1.12. The van der Waals surface area contributed by atoms with E-state index >= 15 is 0 Å². The third-order valence-corrected chi connectivity index (χ3v) is 9.29. The predicted molar refractivity (Wildman–Crippen MR) is 172 cm³/mol. The van der Waals surface area contributed by atoms with Crippen LogP contribution in [0.1, 0.15) is 59.8 Å². The van der Waals surface area contributed by atoms with Crippen molar-refractivity contribution in [3.63, 3.8) is 0 Å². The molecular formula is C36H44N4O4. The van der Waals surface area contributed by atoms with Crippen LogP contribution < -0.4 is 15.5 Å². The number of amides is 3. The number of benzene rings is 3. The number of aliphatic hydroxyl groups excluding tert-OH is 1. The summed E-state index contributed by atoms with van der Waals surface area (Å²) in [6.07, 6.45) is 0.105. The van der Waals surface area contributed by atoms with Crippen LogP contribution in [-0.2, 0) is 29.0 Å². The Morgan fingerprint density at radius 2 is 1.70 bits per heavy atom. The summed E-state index contributed by atoms with van der Waals surface area (Å²) >= 11 is 0. The molecular weight excluding hydrogens is 552 g/mol. The maximum Gasteiger partial charge on any atom is 0.254 e. The number of fused-ring (bicyclic) bond motifs is 1. The highest BCUT2D eigenvalue weighted by molar-refractivity contribution is 5.98. The van der Waals surface area contributed by atoms with Crippen molar-refractivity contribution in [3.05, 3.63) is 101 Å². The Bertz CT molecular complexity index is 1500. The first-order chi connectivity index (χ1) is 21.1. The van der Waals surface area contributed by atoms with Gasteiger partial charge < -0.3 is 25.5 Å². The molecule has 8 heteroatoms. The molecule has 3 aromatic carbocycles. The van der Waals surface area contributed by atoms with E-state index in [-0.39, 0.29) is 18.2 Å². The summed E-state index contributed by atoms with van der Waals surface area (Å²) in [4.78, 5) is 45.1. The summed E-state index contributed by atoms with van der Waals surface area (Å²) < 4.78 is 0.